The third kappa shape index (κ3) is 6.66. The molecule has 2 aromatic rings. The molecule has 0 aliphatic heterocycles. The van der Waals surface area contributed by atoms with Crippen LogP contribution >= 0.6 is 0 Å². The highest BCUT2D eigenvalue weighted by Gasteiger charge is 2.14. The first-order valence-corrected chi connectivity index (χ1v) is 10.2. The number of unbranched alkanes of at least 4 members (excludes halogenated alkanes) is 6. The van der Waals surface area contributed by atoms with E-state index in [9.17, 15) is 9.18 Å². The normalized spacial score (nSPS) is 10.9. The predicted octanol–water partition coefficient (Wildman–Crippen LogP) is 4.93. The summed E-state index contributed by atoms with van der Waals surface area (Å²) in [6.07, 6.45) is 8.32. The SMILES string of the molecule is CCCCCCCCCOc1cccc(CNC(=O)c2cc(C)nn2C)c1F. The molecule has 0 aliphatic rings. The lowest BCUT2D eigenvalue weighted by atomic mass is 10.1. The third-order valence-electron chi connectivity index (χ3n) is 4.72. The molecule has 1 N–H and O–H groups in total. The van der Waals surface area contributed by atoms with E-state index in [1.807, 2.05) is 6.92 Å². The number of nitrogens with zero attached hydrogens (tertiary/aromatic N) is 2. The highest BCUT2D eigenvalue weighted by Crippen LogP contribution is 2.21. The maximum absolute atomic E-state index is 14.6. The van der Waals surface area contributed by atoms with Gasteiger partial charge in [-0.15, -0.1) is 0 Å². The zero-order valence-electron chi connectivity index (χ0n) is 17.3. The van der Waals surface area contributed by atoms with Crippen molar-refractivity contribution in [3.05, 3.63) is 47.0 Å². The van der Waals surface area contributed by atoms with Crippen molar-refractivity contribution in [3.8, 4) is 5.75 Å². The molecule has 0 fully saturated rings. The van der Waals surface area contributed by atoms with Gasteiger partial charge in [-0.25, -0.2) is 4.39 Å². The molecule has 0 unspecified atom stereocenters. The fourth-order valence-electron chi connectivity index (χ4n) is 3.13. The van der Waals surface area contributed by atoms with Gasteiger partial charge in [0, 0.05) is 19.2 Å². The second kappa shape index (κ2) is 11.5. The fourth-order valence-corrected chi connectivity index (χ4v) is 3.13. The van der Waals surface area contributed by atoms with Gasteiger partial charge in [0.15, 0.2) is 11.6 Å². The average molecular weight is 390 g/mol. The Morgan fingerprint density at radius 1 is 1.18 bits per heavy atom. The third-order valence-corrected chi connectivity index (χ3v) is 4.72. The Hall–Kier alpha value is -2.37. The van der Waals surface area contributed by atoms with Crippen LogP contribution in [0, 0.1) is 12.7 Å². The van der Waals surface area contributed by atoms with E-state index in [0.29, 0.717) is 17.9 Å². The van der Waals surface area contributed by atoms with Crippen LogP contribution in [0.3, 0.4) is 0 Å². The molecule has 0 atom stereocenters. The summed E-state index contributed by atoms with van der Waals surface area (Å²) in [6.45, 7) is 4.64. The van der Waals surface area contributed by atoms with Gasteiger partial charge in [0.2, 0.25) is 0 Å². The minimum atomic E-state index is -0.410. The van der Waals surface area contributed by atoms with Gasteiger partial charge in [0.05, 0.1) is 12.3 Å². The number of hydrogen-bond donors (Lipinski definition) is 1. The first-order chi connectivity index (χ1) is 13.5. The minimum absolute atomic E-state index is 0.101. The van der Waals surface area contributed by atoms with E-state index in [0.717, 1.165) is 18.5 Å². The highest BCUT2D eigenvalue weighted by molar-refractivity contribution is 5.92. The fraction of sp³-hybridized carbons (Fsp3) is 0.545. The first-order valence-electron chi connectivity index (χ1n) is 10.2. The number of hydrogen-bond acceptors (Lipinski definition) is 3. The van der Waals surface area contributed by atoms with Crippen molar-refractivity contribution >= 4 is 5.91 Å². The molecule has 154 valence electrons. The van der Waals surface area contributed by atoms with Crippen LogP contribution in [-0.4, -0.2) is 22.3 Å². The van der Waals surface area contributed by atoms with Crippen LogP contribution in [0.5, 0.6) is 5.75 Å². The Balaban J connectivity index is 1.78. The number of aromatic nitrogens is 2. The van der Waals surface area contributed by atoms with Crippen LogP contribution in [0.4, 0.5) is 4.39 Å². The lowest BCUT2D eigenvalue weighted by Crippen LogP contribution is -2.25. The van der Waals surface area contributed by atoms with Gasteiger partial charge in [-0.05, 0) is 25.5 Å². The smallest absolute Gasteiger partial charge is 0.269 e. The number of ether oxygens (including phenoxy) is 1. The summed E-state index contributed by atoms with van der Waals surface area (Å²) in [6, 6.07) is 6.74. The minimum Gasteiger partial charge on any atom is -0.491 e. The van der Waals surface area contributed by atoms with Crippen LogP contribution < -0.4 is 10.1 Å². The number of carbonyl (C=O) groups is 1. The van der Waals surface area contributed by atoms with Crippen molar-refractivity contribution in [2.45, 2.75) is 65.3 Å². The number of rotatable bonds is 12. The number of amides is 1. The Bertz CT molecular complexity index is 758. The van der Waals surface area contributed by atoms with Crippen LogP contribution in [-0.2, 0) is 13.6 Å². The topological polar surface area (TPSA) is 56.1 Å². The van der Waals surface area contributed by atoms with Crippen molar-refractivity contribution in [2.75, 3.05) is 6.61 Å². The summed E-state index contributed by atoms with van der Waals surface area (Å²) in [5.74, 6) is -0.446. The Morgan fingerprint density at radius 3 is 2.57 bits per heavy atom. The molecule has 5 nitrogen and oxygen atoms in total. The lowest BCUT2D eigenvalue weighted by Gasteiger charge is -2.11. The Kier molecular flexibility index (Phi) is 8.98. The summed E-state index contributed by atoms with van der Waals surface area (Å²) in [7, 11) is 1.71. The molecule has 0 radical (unpaired) electrons. The molecule has 1 aromatic carbocycles. The molecule has 0 spiro atoms. The number of halogens is 1. The van der Waals surface area contributed by atoms with Crippen molar-refractivity contribution in [1.29, 1.82) is 0 Å². The van der Waals surface area contributed by atoms with E-state index < -0.39 is 5.82 Å². The molecule has 2 rings (SSSR count). The van der Waals surface area contributed by atoms with Crippen molar-refractivity contribution < 1.29 is 13.9 Å². The van der Waals surface area contributed by atoms with Crippen molar-refractivity contribution in [1.82, 2.24) is 15.1 Å². The first kappa shape index (κ1) is 21.9. The molecular weight excluding hydrogens is 357 g/mol. The molecule has 1 amide bonds. The quantitative estimate of drug-likeness (QED) is 0.524. The van der Waals surface area contributed by atoms with Gasteiger partial charge in [-0.1, -0.05) is 57.6 Å². The standard InChI is InChI=1S/C22H32FN3O2/c1-4-5-6-7-8-9-10-14-28-20-13-11-12-18(21(20)23)16-24-22(27)19-15-17(2)25-26(19)3/h11-13,15H,4-10,14,16H2,1-3H3,(H,24,27). The van der Waals surface area contributed by atoms with Crippen LogP contribution in [0.2, 0.25) is 0 Å². The predicted molar refractivity (Wildman–Crippen MR) is 109 cm³/mol. The molecule has 0 bridgehead atoms. The van der Waals surface area contributed by atoms with Gasteiger partial charge in [-0.3, -0.25) is 9.48 Å². The van der Waals surface area contributed by atoms with Crippen LogP contribution in [0.25, 0.3) is 0 Å². The van der Waals surface area contributed by atoms with Crippen molar-refractivity contribution in [2.24, 2.45) is 7.05 Å². The van der Waals surface area contributed by atoms with Crippen LogP contribution in [0.15, 0.2) is 24.3 Å². The maximum Gasteiger partial charge on any atom is 0.269 e. The molecule has 1 heterocycles. The van der Waals surface area contributed by atoms with Gasteiger partial charge in [-0.2, -0.15) is 5.10 Å². The van der Waals surface area contributed by atoms with E-state index in [4.69, 9.17) is 4.74 Å². The molecule has 28 heavy (non-hydrogen) atoms. The zero-order valence-corrected chi connectivity index (χ0v) is 17.3. The van der Waals surface area contributed by atoms with Crippen LogP contribution in [0.1, 0.15) is 73.6 Å². The van der Waals surface area contributed by atoms with Gasteiger partial charge < -0.3 is 10.1 Å². The Labute approximate surface area is 167 Å². The average Bonchev–Trinajstić information content (AvgIpc) is 3.02. The number of carbonyl (C=O) groups excluding carboxylic acids is 1. The maximum atomic E-state index is 14.6. The summed E-state index contributed by atoms with van der Waals surface area (Å²) >= 11 is 0. The van der Waals surface area contributed by atoms with Crippen molar-refractivity contribution in [3.63, 3.8) is 0 Å². The summed E-state index contributed by atoms with van der Waals surface area (Å²) in [5.41, 5.74) is 1.62. The van der Waals surface area contributed by atoms with Gasteiger partial charge >= 0.3 is 0 Å². The second-order valence-corrected chi connectivity index (χ2v) is 7.18. The molecule has 0 saturated carbocycles. The summed E-state index contributed by atoms with van der Waals surface area (Å²) in [5, 5.41) is 6.89. The van der Waals surface area contributed by atoms with E-state index in [1.54, 1.807) is 31.3 Å². The lowest BCUT2D eigenvalue weighted by molar-refractivity contribution is 0.0941. The summed E-state index contributed by atoms with van der Waals surface area (Å²) in [4.78, 5) is 12.3. The molecule has 0 saturated heterocycles. The second-order valence-electron chi connectivity index (χ2n) is 7.18. The molecule has 1 aromatic heterocycles. The van der Waals surface area contributed by atoms with E-state index in [2.05, 4.69) is 17.3 Å². The molecule has 6 heteroatoms. The van der Waals surface area contributed by atoms with E-state index >= 15 is 0 Å². The molecular formula is C22H32FN3O2. The zero-order chi connectivity index (χ0) is 20.4. The number of nitrogens with one attached hydrogen (secondary N) is 1. The number of aryl methyl sites for hydroxylation is 2. The van der Waals surface area contributed by atoms with Gasteiger partial charge in [0.25, 0.3) is 5.91 Å². The highest BCUT2D eigenvalue weighted by atomic mass is 19.1. The van der Waals surface area contributed by atoms with E-state index in [1.165, 1.54) is 36.8 Å². The van der Waals surface area contributed by atoms with Gasteiger partial charge in [0.1, 0.15) is 5.69 Å². The monoisotopic (exact) mass is 389 g/mol. The number of benzene rings is 1. The molecule has 0 aliphatic carbocycles. The Morgan fingerprint density at radius 2 is 1.89 bits per heavy atom. The van der Waals surface area contributed by atoms with E-state index in [-0.39, 0.29) is 18.2 Å². The largest absolute Gasteiger partial charge is 0.491 e. The summed E-state index contributed by atoms with van der Waals surface area (Å²) < 4.78 is 21.8.